The Morgan fingerprint density at radius 1 is 1.11 bits per heavy atom. The van der Waals surface area contributed by atoms with E-state index in [4.69, 9.17) is 15.2 Å². The molecule has 0 unspecified atom stereocenters. The topological polar surface area (TPSA) is 88.8 Å². The highest BCUT2D eigenvalue weighted by atomic mass is 19.3. The number of piperidine rings is 1. The molecule has 2 fully saturated rings. The minimum Gasteiger partial charge on any atom is -0.493 e. The van der Waals surface area contributed by atoms with Crippen molar-refractivity contribution in [3.8, 4) is 11.5 Å². The largest absolute Gasteiger partial charge is 0.493 e. The number of nitrogens with zero attached hydrogens (tertiary/aromatic N) is 4. The molecule has 0 amide bonds. The van der Waals surface area contributed by atoms with Gasteiger partial charge >= 0.3 is 0 Å². The Labute approximate surface area is 212 Å². The summed E-state index contributed by atoms with van der Waals surface area (Å²) in [5.41, 5.74) is 7.92. The molecule has 0 bridgehead atoms. The zero-order chi connectivity index (χ0) is 25.3. The van der Waals surface area contributed by atoms with Crippen molar-refractivity contribution < 1.29 is 18.3 Å². The van der Waals surface area contributed by atoms with Crippen LogP contribution in [0, 0.1) is 5.92 Å². The maximum Gasteiger partial charge on any atom is 0.251 e. The Hall–Kier alpha value is -2.72. The lowest BCUT2D eigenvalue weighted by Crippen LogP contribution is -2.37. The lowest BCUT2D eigenvalue weighted by Gasteiger charge is -2.31. The third kappa shape index (κ3) is 7.64. The van der Waals surface area contributed by atoms with Crippen LogP contribution in [-0.4, -0.2) is 79.2 Å². The molecule has 3 N–H and O–H groups in total. The summed E-state index contributed by atoms with van der Waals surface area (Å²) >= 11 is 0. The zero-order valence-electron chi connectivity index (χ0n) is 21.1. The number of halogens is 2. The molecule has 36 heavy (non-hydrogen) atoms. The third-order valence-electron chi connectivity index (χ3n) is 7.00. The summed E-state index contributed by atoms with van der Waals surface area (Å²) in [4.78, 5) is 13.2. The van der Waals surface area contributed by atoms with Crippen molar-refractivity contribution in [2.24, 2.45) is 5.92 Å². The van der Waals surface area contributed by atoms with Gasteiger partial charge in [-0.15, -0.1) is 0 Å². The first-order valence-electron chi connectivity index (χ1n) is 12.9. The highest BCUT2D eigenvalue weighted by Crippen LogP contribution is 2.32. The van der Waals surface area contributed by atoms with Gasteiger partial charge in [-0.2, -0.15) is 4.98 Å². The van der Waals surface area contributed by atoms with Gasteiger partial charge in [0.05, 0.1) is 20.3 Å². The Morgan fingerprint density at radius 3 is 2.58 bits per heavy atom. The molecule has 1 aromatic heterocycles. The number of nitrogens with one attached hydrogen (secondary N) is 1. The maximum absolute atomic E-state index is 12.6. The van der Waals surface area contributed by atoms with Crippen LogP contribution >= 0.6 is 0 Å². The van der Waals surface area contributed by atoms with Gasteiger partial charge in [0.25, 0.3) is 6.43 Å². The van der Waals surface area contributed by atoms with Crippen molar-refractivity contribution in [2.75, 3.05) is 64.0 Å². The minimum atomic E-state index is -2.28. The number of anilines is 3. The van der Waals surface area contributed by atoms with Crippen LogP contribution in [-0.2, 0) is 6.42 Å². The lowest BCUT2D eigenvalue weighted by molar-refractivity contribution is 0.0691. The molecule has 4 rings (SSSR count). The molecule has 3 heterocycles. The summed E-state index contributed by atoms with van der Waals surface area (Å²) in [6.45, 7) is 5.28. The van der Waals surface area contributed by atoms with Crippen LogP contribution in [0.25, 0.3) is 0 Å². The van der Waals surface area contributed by atoms with Crippen molar-refractivity contribution in [2.45, 2.75) is 45.0 Å². The molecule has 0 aliphatic carbocycles. The van der Waals surface area contributed by atoms with E-state index in [9.17, 15) is 8.78 Å². The summed E-state index contributed by atoms with van der Waals surface area (Å²) in [6.07, 6.45) is 5.53. The van der Waals surface area contributed by atoms with Crippen molar-refractivity contribution in [1.82, 2.24) is 19.8 Å². The van der Waals surface area contributed by atoms with E-state index in [1.807, 2.05) is 23.1 Å². The monoisotopic (exact) mass is 504 g/mol. The molecule has 8 nitrogen and oxygen atoms in total. The summed E-state index contributed by atoms with van der Waals surface area (Å²) in [6, 6.07) is 5.63. The molecule has 0 atom stereocenters. The van der Waals surface area contributed by atoms with Crippen LogP contribution in [0.2, 0.25) is 0 Å². The first kappa shape index (κ1) is 26.3. The van der Waals surface area contributed by atoms with Gasteiger partial charge < -0.3 is 25.4 Å². The normalized spacial score (nSPS) is 17.6. The van der Waals surface area contributed by atoms with E-state index in [1.165, 1.54) is 25.9 Å². The average molecular weight is 505 g/mol. The van der Waals surface area contributed by atoms with Gasteiger partial charge in [-0.3, -0.25) is 4.90 Å². The fourth-order valence-electron chi connectivity index (χ4n) is 4.99. The number of methoxy groups -OCH3 is 1. The number of nitrogen functional groups attached to an aromatic ring is 1. The van der Waals surface area contributed by atoms with Gasteiger partial charge in [-0.05, 0) is 82.8 Å². The number of benzene rings is 1. The Morgan fingerprint density at radius 2 is 1.89 bits per heavy atom. The van der Waals surface area contributed by atoms with Gasteiger partial charge in [0, 0.05) is 30.1 Å². The van der Waals surface area contributed by atoms with E-state index in [0.717, 1.165) is 43.5 Å². The standard InChI is InChI=1S/C26H38F2N6O2/c1-35-22-6-5-21(16-23(22)36-14-4-11-33-9-2-3-10-33)31-26-30-17-20(25(29)32-26)15-19-7-12-34(13-8-19)18-24(27)28/h5-6,16-17,19,24H,2-4,7-15,18H2,1H3,(H3,29,30,31,32). The number of hydrogen-bond donors (Lipinski definition) is 2. The second-order valence-corrected chi connectivity index (χ2v) is 9.68. The second kappa shape index (κ2) is 13.0. The summed E-state index contributed by atoms with van der Waals surface area (Å²) in [7, 11) is 1.63. The predicted octanol–water partition coefficient (Wildman–Crippen LogP) is 4.20. The smallest absolute Gasteiger partial charge is 0.251 e. The first-order chi connectivity index (χ1) is 17.5. The molecule has 0 saturated carbocycles. The summed E-state index contributed by atoms with van der Waals surface area (Å²) in [5, 5.41) is 3.20. The lowest BCUT2D eigenvalue weighted by atomic mass is 9.91. The Kier molecular flexibility index (Phi) is 9.52. The predicted molar refractivity (Wildman–Crippen MR) is 137 cm³/mol. The fourth-order valence-corrected chi connectivity index (χ4v) is 4.99. The average Bonchev–Trinajstić information content (AvgIpc) is 3.38. The van der Waals surface area contributed by atoms with E-state index in [0.29, 0.717) is 48.9 Å². The Balaban J connectivity index is 1.29. The SMILES string of the molecule is COc1ccc(Nc2ncc(CC3CCN(CC(F)F)CC3)c(N)n2)cc1OCCCN1CCCC1. The minimum absolute atomic E-state index is 0.144. The molecule has 2 aliphatic heterocycles. The molecule has 0 spiro atoms. The molecule has 1 aromatic carbocycles. The fraction of sp³-hybridized carbons (Fsp3) is 0.615. The Bertz CT molecular complexity index is 965. The van der Waals surface area contributed by atoms with Crippen molar-refractivity contribution in [3.05, 3.63) is 30.0 Å². The van der Waals surface area contributed by atoms with Crippen LogP contribution in [0.1, 0.15) is 37.7 Å². The van der Waals surface area contributed by atoms with E-state index in [2.05, 4.69) is 20.2 Å². The highest BCUT2D eigenvalue weighted by Gasteiger charge is 2.22. The molecule has 2 aliphatic rings. The molecular weight excluding hydrogens is 466 g/mol. The van der Waals surface area contributed by atoms with Gasteiger partial charge in [0.1, 0.15) is 5.82 Å². The number of rotatable bonds is 12. The van der Waals surface area contributed by atoms with Crippen LogP contribution < -0.4 is 20.5 Å². The van der Waals surface area contributed by atoms with E-state index >= 15 is 0 Å². The van der Waals surface area contributed by atoms with Gasteiger partial charge in [-0.1, -0.05) is 0 Å². The number of alkyl halides is 2. The summed E-state index contributed by atoms with van der Waals surface area (Å²) < 4.78 is 36.7. The van der Waals surface area contributed by atoms with E-state index in [-0.39, 0.29) is 6.54 Å². The van der Waals surface area contributed by atoms with Gasteiger partial charge in [0.2, 0.25) is 5.95 Å². The van der Waals surface area contributed by atoms with Crippen molar-refractivity contribution >= 4 is 17.5 Å². The molecule has 2 aromatic rings. The third-order valence-corrected chi connectivity index (χ3v) is 7.00. The zero-order valence-corrected chi connectivity index (χ0v) is 21.1. The van der Waals surface area contributed by atoms with Gasteiger partial charge in [-0.25, -0.2) is 13.8 Å². The van der Waals surface area contributed by atoms with Crippen LogP contribution in [0.3, 0.4) is 0 Å². The highest BCUT2D eigenvalue weighted by molar-refractivity contribution is 5.60. The first-order valence-corrected chi connectivity index (χ1v) is 12.9. The number of hydrogen-bond acceptors (Lipinski definition) is 8. The van der Waals surface area contributed by atoms with E-state index < -0.39 is 6.43 Å². The van der Waals surface area contributed by atoms with Crippen molar-refractivity contribution in [1.29, 1.82) is 0 Å². The molecule has 2 saturated heterocycles. The number of ether oxygens (including phenoxy) is 2. The number of aromatic nitrogens is 2. The second-order valence-electron chi connectivity index (χ2n) is 9.68. The van der Waals surface area contributed by atoms with Crippen LogP contribution in [0.5, 0.6) is 11.5 Å². The van der Waals surface area contributed by atoms with Crippen LogP contribution in [0.15, 0.2) is 24.4 Å². The van der Waals surface area contributed by atoms with Crippen LogP contribution in [0.4, 0.5) is 26.2 Å². The van der Waals surface area contributed by atoms with Gasteiger partial charge in [0.15, 0.2) is 11.5 Å². The maximum atomic E-state index is 12.6. The molecule has 198 valence electrons. The number of nitrogens with two attached hydrogens (primary N) is 1. The molecular formula is C26H38F2N6O2. The van der Waals surface area contributed by atoms with Crippen molar-refractivity contribution in [3.63, 3.8) is 0 Å². The summed E-state index contributed by atoms with van der Waals surface area (Å²) in [5.74, 6) is 2.60. The molecule has 10 heteroatoms. The quantitative estimate of drug-likeness (QED) is 0.416. The number of likely N-dealkylation sites (tertiary alicyclic amines) is 2. The molecule has 0 radical (unpaired) electrons. The van der Waals surface area contributed by atoms with E-state index in [1.54, 1.807) is 13.3 Å².